The molecule has 1 saturated carbocycles. The van der Waals surface area contributed by atoms with Gasteiger partial charge in [-0.05, 0) is 32.1 Å². The molecule has 0 saturated heterocycles. The van der Waals surface area contributed by atoms with Gasteiger partial charge < -0.3 is 0 Å². The zero-order valence-electron chi connectivity index (χ0n) is 12.2. The van der Waals surface area contributed by atoms with Crippen molar-refractivity contribution in [3.05, 3.63) is 12.7 Å². The summed E-state index contributed by atoms with van der Waals surface area (Å²) in [7, 11) is 0. The molecule has 0 aliphatic heterocycles. The van der Waals surface area contributed by atoms with Gasteiger partial charge in [-0.2, -0.15) is 0 Å². The van der Waals surface area contributed by atoms with Gasteiger partial charge in [0.15, 0.2) is 0 Å². The number of Topliss-reactive ketones (excluding diaryl/α,β-unsaturated/α-hetero) is 2. The van der Waals surface area contributed by atoms with Gasteiger partial charge in [0.25, 0.3) is 0 Å². The highest BCUT2D eigenvalue weighted by atomic mass is 16.1. The molecule has 0 heterocycles. The lowest BCUT2D eigenvalue weighted by Crippen LogP contribution is -2.27. The lowest BCUT2D eigenvalue weighted by molar-refractivity contribution is -0.134. The molecule has 1 unspecified atom stereocenters. The zero-order valence-corrected chi connectivity index (χ0v) is 12.2. The van der Waals surface area contributed by atoms with Gasteiger partial charge in [-0.25, -0.2) is 0 Å². The van der Waals surface area contributed by atoms with Crippen LogP contribution >= 0.6 is 0 Å². The summed E-state index contributed by atoms with van der Waals surface area (Å²) in [6.07, 6.45) is 14.2. The monoisotopic (exact) mass is 264 g/mol. The van der Waals surface area contributed by atoms with Crippen molar-refractivity contribution in [3.63, 3.8) is 0 Å². The van der Waals surface area contributed by atoms with Crippen LogP contribution in [0.4, 0.5) is 0 Å². The van der Waals surface area contributed by atoms with Crippen LogP contribution in [-0.4, -0.2) is 11.6 Å². The number of hydrogen-bond acceptors (Lipinski definition) is 2. The van der Waals surface area contributed by atoms with Crippen molar-refractivity contribution >= 4 is 11.6 Å². The van der Waals surface area contributed by atoms with E-state index in [0.717, 1.165) is 38.5 Å². The summed E-state index contributed by atoms with van der Waals surface area (Å²) in [5, 5.41) is 0. The minimum absolute atomic E-state index is 0.195. The smallest absolute Gasteiger partial charge is 0.143 e. The van der Waals surface area contributed by atoms with E-state index in [0.29, 0.717) is 12.8 Å². The molecule has 19 heavy (non-hydrogen) atoms. The van der Waals surface area contributed by atoms with Crippen LogP contribution in [0.15, 0.2) is 12.7 Å². The standard InChI is InChI=1S/C17H28O2/c1-2-3-4-5-6-7-8-9-13-16(18)15-12-10-11-14-17(15)19/h2,15H,1,3-14H2. The van der Waals surface area contributed by atoms with Gasteiger partial charge in [0.2, 0.25) is 0 Å². The quantitative estimate of drug-likeness (QED) is 0.328. The second-order valence-corrected chi connectivity index (χ2v) is 5.68. The van der Waals surface area contributed by atoms with Gasteiger partial charge in [0.05, 0.1) is 5.92 Å². The van der Waals surface area contributed by atoms with Crippen LogP contribution in [0.1, 0.15) is 77.0 Å². The van der Waals surface area contributed by atoms with E-state index in [1.807, 2.05) is 6.08 Å². The Labute approximate surface area is 117 Å². The SMILES string of the molecule is C=CCCCCCCCCC(=O)C1CCCCC1=O. The third-order valence-electron chi connectivity index (χ3n) is 4.02. The number of rotatable bonds is 10. The van der Waals surface area contributed by atoms with Crippen LogP contribution in [-0.2, 0) is 9.59 Å². The van der Waals surface area contributed by atoms with E-state index in [1.54, 1.807) is 0 Å². The molecule has 1 atom stereocenters. The number of hydrogen-bond donors (Lipinski definition) is 0. The highest BCUT2D eigenvalue weighted by Gasteiger charge is 2.27. The molecular weight excluding hydrogens is 236 g/mol. The second kappa shape index (κ2) is 9.94. The minimum Gasteiger partial charge on any atom is -0.299 e. The van der Waals surface area contributed by atoms with Gasteiger partial charge in [-0.1, -0.05) is 38.2 Å². The van der Waals surface area contributed by atoms with Crippen molar-refractivity contribution in [1.29, 1.82) is 0 Å². The van der Waals surface area contributed by atoms with Gasteiger partial charge in [-0.3, -0.25) is 9.59 Å². The van der Waals surface area contributed by atoms with E-state index < -0.39 is 0 Å². The van der Waals surface area contributed by atoms with Gasteiger partial charge in [0.1, 0.15) is 11.6 Å². The molecule has 0 radical (unpaired) electrons. The zero-order chi connectivity index (χ0) is 13.9. The van der Waals surface area contributed by atoms with Crippen molar-refractivity contribution in [2.75, 3.05) is 0 Å². The Morgan fingerprint density at radius 1 is 1.11 bits per heavy atom. The van der Waals surface area contributed by atoms with Gasteiger partial charge in [0, 0.05) is 12.8 Å². The van der Waals surface area contributed by atoms with E-state index >= 15 is 0 Å². The Balaban J connectivity index is 2.01. The Kier molecular flexibility index (Phi) is 8.44. The third-order valence-corrected chi connectivity index (χ3v) is 4.02. The lowest BCUT2D eigenvalue weighted by Gasteiger charge is -2.18. The number of carbonyl (C=O) groups is 2. The summed E-state index contributed by atoms with van der Waals surface area (Å²) < 4.78 is 0. The summed E-state index contributed by atoms with van der Waals surface area (Å²) >= 11 is 0. The predicted molar refractivity (Wildman–Crippen MR) is 79.1 cm³/mol. The first kappa shape index (κ1) is 16.1. The first-order valence-corrected chi connectivity index (χ1v) is 7.92. The highest BCUT2D eigenvalue weighted by Crippen LogP contribution is 2.23. The molecule has 0 N–H and O–H groups in total. The van der Waals surface area contributed by atoms with Crippen molar-refractivity contribution in [2.24, 2.45) is 5.92 Å². The molecule has 1 fully saturated rings. The molecule has 1 aliphatic rings. The average molecular weight is 264 g/mol. The fraction of sp³-hybridized carbons (Fsp3) is 0.765. The van der Waals surface area contributed by atoms with Gasteiger partial charge in [-0.15, -0.1) is 6.58 Å². The van der Waals surface area contributed by atoms with E-state index in [-0.39, 0.29) is 17.5 Å². The number of allylic oxidation sites excluding steroid dienone is 1. The molecule has 2 nitrogen and oxygen atoms in total. The first-order chi connectivity index (χ1) is 9.25. The molecule has 0 amide bonds. The van der Waals surface area contributed by atoms with Crippen LogP contribution in [0.3, 0.4) is 0 Å². The van der Waals surface area contributed by atoms with Crippen LogP contribution in [0.25, 0.3) is 0 Å². The minimum atomic E-state index is -0.249. The normalized spacial score (nSPS) is 19.4. The van der Waals surface area contributed by atoms with Crippen molar-refractivity contribution in [1.82, 2.24) is 0 Å². The molecule has 1 rings (SSSR count). The van der Waals surface area contributed by atoms with E-state index in [9.17, 15) is 9.59 Å². The maximum atomic E-state index is 12.0. The highest BCUT2D eigenvalue weighted by molar-refractivity contribution is 6.02. The van der Waals surface area contributed by atoms with Crippen LogP contribution in [0, 0.1) is 5.92 Å². The molecule has 108 valence electrons. The van der Waals surface area contributed by atoms with Crippen LogP contribution in [0.2, 0.25) is 0 Å². The Morgan fingerprint density at radius 2 is 1.79 bits per heavy atom. The molecule has 0 aromatic heterocycles. The van der Waals surface area contributed by atoms with E-state index in [2.05, 4.69) is 6.58 Å². The number of unbranched alkanes of at least 4 members (excludes halogenated alkanes) is 6. The molecule has 2 heteroatoms. The Bertz CT molecular complexity index is 294. The largest absolute Gasteiger partial charge is 0.299 e. The summed E-state index contributed by atoms with van der Waals surface area (Å²) in [6, 6.07) is 0. The maximum absolute atomic E-state index is 12.0. The van der Waals surface area contributed by atoms with Crippen LogP contribution in [0.5, 0.6) is 0 Å². The van der Waals surface area contributed by atoms with E-state index in [1.165, 1.54) is 25.7 Å². The third kappa shape index (κ3) is 6.70. The Morgan fingerprint density at radius 3 is 2.47 bits per heavy atom. The molecule has 0 aromatic rings. The molecule has 0 aromatic carbocycles. The maximum Gasteiger partial charge on any atom is 0.143 e. The first-order valence-electron chi connectivity index (χ1n) is 7.92. The van der Waals surface area contributed by atoms with Crippen molar-refractivity contribution in [2.45, 2.75) is 77.0 Å². The van der Waals surface area contributed by atoms with Gasteiger partial charge >= 0.3 is 0 Å². The number of ketones is 2. The van der Waals surface area contributed by atoms with Crippen molar-refractivity contribution in [3.8, 4) is 0 Å². The lowest BCUT2D eigenvalue weighted by atomic mass is 9.83. The fourth-order valence-corrected chi connectivity index (χ4v) is 2.79. The Hall–Kier alpha value is -0.920. The van der Waals surface area contributed by atoms with E-state index in [4.69, 9.17) is 0 Å². The molecular formula is C17H28O2. The molecule has 1 aliphatic carbocycles. The molecule has 0 bridgehead atoms. The number of carbonyl (C=O) groups excluding carboxylic acids is 2. The summed E-state index contributed by atoms with van der Waals surface area (Å²) in [6.45, 7) is 3.71. The summed E-state index contributed by atoms with van der Waals surface area (Å²) in [5.74, 6) is 0.151. The predicted octanol–water partition coefficient (Wildman–Crippen LogP) is 4.62. The summed E-state index contributed by atoms with van der Waals surface area (Å²) in [5.41, 5.74) is 0. The second-order valence-electron chi connectivity index (χ2n) is 5.68. The average Bonchev–Trinajstić information content (AvgIpc) is 2.42. The van der Waals surface area contributed by atoms with Crippen molar-refractivity contribution < 1.29 is 9.59 Å². The fourth-order valence-electron chi connectivity index (χ4n) is 2.79. The summed E-state index contributed by atoms with van der Waals surface area (Å²) in [4.78, 5) is 23.6. The van der Waals surface area contributed by atoms with Crippen LogP contribution < -0.4 is 0 Å². The molecule has 0 spiro atoms. The topological polar surface area (TPSA) is 34.1 Å².